The number of amides is 1. The highest BCUT2D eigenvalue weighted by atomic mass is 32.2. The number of nitrogens with one attached hydrogen (secondary N) is 1. The molecule has 0 aliphatic rings. The van der Waals surface area contributed by atoms with Crippen molar-refractivity contribution in [3.05, 3.63) is 35.4 Å². The number of carbonyl (C=O) groups is 2. The smallest absolute Gasteiger partial charge is 0.232 e. The van der Waals surface area contributed by atoms with Crippen molar-refractivity contribution in [1.29, 1.82) is 0 Å². The van der Waals surface area contributed by atoms with Gasteiger partial charge in [-0.2, -0.15) is 0 Å². The summed E-state index contributed by atoms with van der Waals surface area (Å²) in [7, 11) is -1.45. The van der Waals surface area contributed by atoms with Crippen molar-refractivity contribution in [3.63, 3.8) is 0 Å². The predicted octanol–water partition coefficient (Wildman–Crippen LogP) is 1.06. The molecule has 0 saturated heterocycles. The maximum atomic E-state index is 11.9. The van der Waals surface area contributed by atoms with Crippen LogP contribution in [-0.4, -0.2) is 33.9 Å². The zero-order valence-corrected chi connectivity index (χ0v) is 11.4. The summed E-state index contributed by atoms with van der Waals surface area (Å²) in [4.78, 5) is 23.1. The summed E-state index contributed by atoms with van der Waals surface area (Å²) in [5.74, 6) is -0.697. The summed E-state index contributed by atoms with van der Waals surface area (Å²) < 4.78 is 11.7. The molecule has 0 saturated carbocycles. The van der Waals surface area contributed by atoms with Gasteiger partial charge in [-0.15, -0.1) is 0 Å². The maximum absolute atomic E-state index is 11.9. The van der Waals surface area contributed by atoms with Crippen molar-refractivity contribution in [2.24, 2.45) is 0 Å². The SMILES string of the molecule is CCNC(=O)CS(=O)CC(=O)c1ccccc1C. The van der Waals surface area contributed by atoms with E-state index in [-0.39, 0.29) is 23.2 Å². The standard InChI is InChI=1S/C13H17NO3S/c1-3-14-13(16)9-18(17)8-12(15)11-7-5-4-6-10(11)2/h4-7H,3,8-9H2,1-2H3,(H,14,16). The van der Waals surface area contributed by atoms with E-state index in [0.717, 1.165) is 5.56 Å². The van der Waals surface area contributed by atoms with Crippen LogP contribution in [0, 0.1) is 6.92 Å². The minimum absolute atomic E-state index is 0.109. The fraction of sp³-hybridized carbons (Fsp3) is 0.385. The fourth-order valence-corrected chi connectivity index (χ4v) is 2.50. The largest absolute Gasteiger partial charge is 0.356 e. The Morgan fingerprint density at radius 1 is 1.22 bits per heavy atom. The van der Waals surface area contributed by atoms with E-state index in [1.54, 1.807) is 19.1 Å². The third kappa shape index (κ3) is 4.41. The first-order valence-corrected chi connectivity index (χ1v) is 7.24. The minimum atomic E-state index is -1.45. The summed E-state index contributed by atoms with van der Waals surface area (Å²) in [6.45, 7) is 4.13. The Kier molecular flexibility index (Phi) is 5.71. The average Bonchev–Trinajstić information content (AvgIpc) is 2.29. The number of rotatable bonds is 6. The summed E-state index contributed by atoms with van der Waals surface area (Å²) in [6.07, 6.45) is 0. The van der Waals surface area contributed by atoms with Gasteiger partial charge in [0, 0.05) is 22.9 Å². The molecule has 1 atom stereocenters. The third-order valence-electron chi connectivity index (χ3n) is 2.40. The van der Waals surface area contributed by atoms with Crippen molar-refractivity contribution in [1.82, 2.24) is 5.32 Å². The molecule has 4 nitrogen and oxygen atoms in total. The normalized spacial score (nSPS) is 11.9. The highest BCUT2D eigenvalue weighted by molar-refractivity contribution is 7.86. The lowest BCUT2D eigenvalue weighted by molar-refractivity contribution is -0.118. The summed E-state index contributed by atoms with van der Waals surface area (Å²) in [6, 6.07) is 7.16. The Balaban J connectivity index is 2.58. The number of ketones is 1. The zero-order valence-electron chi connectivity index (χ0n) is 10.6. The molecule has 18 heavy (non-hydrogen) atoms. The number of hydrogen-bond donors (Lipinski definition) is 1. The molecule has 0 aliphatic carbocycles. The first kappa shape index (κ1) is 14.6. The molecule has 0 heterocycles. The Morgan fingerprint density at radius 3 is 2.50 bits per heavy atom. The molecule has 5 heteroatoms. The Morgan fingerprint density at radius 2 is 1.89 bits per heavy atom. The van der Waals surface area contributed by atoms with Crippen LogP contribution in [0.4, 0.5) is 0 Å². The van der Waals surface area contributed by atoms with Crippen LogP contribution in [0.25, 0.3) is 0 Å². The molecule has 1 N–H and O–H groups in total. The van der Waals surface area contributed by atoms with Crippen molar-refractivity contribution in [2.75, 3.05) is 18.1 Å². The number of aryl methyl sites for hydroxylation is 1. The fourth-order valence-electron chi connectivity index (χ4n) is 1.56. The van der Waals surface area contributed by atoms with Gasteiger partial charge in [0.25, 0.3) is 0 Å². The van der Waals surface area contributed by atoms with Gasteiger partial charge >= 0.3 is 0 Å². The van der Waals surface area contributed by atoms with E-state index in [1.807, 2.05) is 19.1 Å². The summed E-state index contributed by atoms with van der Waals surface area (Å²) >= 11 is 0. The van der Waals surface area contributed by atoms with Crippen molar-refractivity contribution < 1.29 is 13.8 Å². The first-order valence-electron chi connectivity index (χ1n) is 5.75. The van der Waals surface area contributed by atoms with Crippen LogP contribution in [0.1, 0.15) is 22.8 Å². The topological polar surface area (TPSA) is 63.2 Å². The number of hydrogen-bond acceptors (Lipinski definition) is 3. The molecule has 1 aromatic rings. The van der Waals surface area contributed by atoms with Gasteiger partial charge in [0.1, 0.15) is 5.75 Å². The molecule has 0 spiro atoms. The lowest BCUT2D eigenvalue weighted by Crippen LogP contribution is -2.29. The van der Waals surface area contributed by atoms with Gasteiger partial charge in [-0.3, -0.25) is 13.8 Å². The van der Waals surface area contributed by atoms with Gasteiger partial charge in [0.2, 0.25) is 5.91 Å². The molecule has 1 aromatic carbocycles. The predicted molar refractivity (Wildman–Crippen MR) is 72.1 cm³/mol. The van der Waals surface area contributed by atoms with Crippen molar-refractivity contribution in [2.45, 2.75) is 13.8 Å². The van der Waals surface area contributed by atoms with Crippen LogP contribution in [-0.2, 0) is 15.6 Å². The lowest BCUT2D eigenvalue weighted by Gasteiger charge is -2.05. The van der Waals surface area contributed by atoms with E-state index >= 15 is 0 Å². The Bertz CT molecular complexity index is 471. The van der Waals surface area contributed by atoms with Gasteiger partial charge in [-0.05, 0) is 19.4 Å². The van der Waals surface area contributed by atoms with Gasteiger partial charge in [-0.1, -0.05) is 24.3 Å². The molecule has 0 radical (unpaired) electrons. The van der Waals surface area contributed by atoms with E-state index in [0.29, 0.717) is 12.1 Å². The maximum Gasteiger partial charge on any atom is 0.232 e. The average molecular weight is 267 g/mol. The van der Waals surface area contributed by atoms with Crippen LogP contribution in [0.5, 0.6) is 0 Å². The molecule has 98 valence electrons. The van der Waals surface area contributed by atoms with E-state index in [9.17, 15) is 13.8 Å². The van der Waals surface area contributed by atoms with E-state index in [1.165, 1.54) is 0 Å². The van der Waals surface area contributed by atoms with Gasteiger partial charge in [0.05, 0.1) is 5.75 Å². The monoisotopic (exact) mass is 267 g/mol. The third-order valence-corrected chi connectivity index (χ3v) is 3.57. The second-order valence-corrected chi connectivity index (χ2v) is 5.38. The van der Waals surface area contributed by atoms with Gasteiger partial charge in [0.15, 0.2) is 5.78 Å². The van der Waals surface area contributed by atoms with Gasteiger partial charge in [-0.25, -0.2) is 0 Å². The van der Waals surface area contributed by atoms with Crippen LogP contribution in [0.3, 0.4) is 0 Å². The quantitative estimate of drug-likeness (QED) is 0.784. The van der Waals surface area contributed by atoms with Crippen LogP contribution in [0.2, 0.25) is 0 Å². The molecule has 1 amide bonds. The molecule has 0 aromatic heterocycles. The highest BCUT2D eigenvalue weighted by Gasteiger charge is 2.14. The molecule has 0 fully saturated rings. The molecule has 0 bridgehead atoms. The minimum Gasteiger partial charge on any atom is -0.356 e. The number of carbonyl (C=O) groups excluding carboxylic acids is 2. The van der Waals surface area contributed by atoms with Gasteiger partial charge < -0.3 is 5.32 Å². The second-order valence-electron chi connectivity index (χ2n) is 3.92. The first-order chi connectivity index (χ1) is 8.54. The number of benzene rings is 1. The van der Waals surface area contributed by atoms with Crippen LogP contribution < -0.4 is 5.32 Å². The molecule has 1 rings (SSSR count). The molecule has 1 unspecified atom stereocenters. The molecule has 0 aliphatic heterocycles. The zero-order chi connectivity index (χ0) is 13.5. The van der Waals surface area contributed by atoms with Crippen molar-refractivity contribution >= 4 is 22.5 Å². The van der Waals surface area contributed by atoms with Crippen LogP contribution >= 0.6 is 0 Å². The Labute approximate surface area is 109 Å². The van der Waals surface area contributed by atoms with E-state index in [4.69, 9.17) is 0 Å². The number of Topliss-reactive ketones (excluding diaryl/α,β-unsaturated/α-hetero) is 1. The molecular formula is C13H17NO3S. The Hall–Kier alpha value is -1.49. The summed E-state index contributed by atoms with van der Waals surface area (Å²) in [5, 5.41) is 2.56. The van der Waals surface area contributed by atoms with E-state index < -0.39 is 10.8 Å². The highest BCUT2D eigenvalue weighted by Crippen LogP contribution is 2.08. The molecular weight excluding hydrogens is 250 g/mol. The van der Waals surface area contributed by atoms with Crippen molar-refractivity contribution in [3.8, 4) is 0 Å². The second kappa shape index (κ2) is 7.06. The summed E-state index contributed by atoms with van der Waals surface area (Å²) in [5.41, 5.74) is 1.43. The van der Waals surface area contributed by atoms with E-state index in [2.05, 4.69) is 5.32 Å². The van der Waals surface area contributed by atoms with Crippen LogP contribution in [0.15, 0.2) is 24.3 Å². The lowest BCUT2D eigenvalue weighted by atomic mass is 10.1.